The van der Waals surface area contributed by atoms with Gasteiger partial charge in [-0.05, 0) is 55.0 Å². The Kier molecular flexibility index (Phi) is 5.97. The van der Waals surface area contributed by atoms with Crippen LogP contribution in [0.25, 0.3) is 11.4 Å². The molecule has 0 saturated heterocycles. The van der Waals surface area contributed by atoms with Gasteiger partial charge in [0.15, 0.2) is 11.9 Å². The van der Waals surface area contributed by atoms with Crippen LogP contribution in [-0.4, -0.2) is 28.5 Å². The van der Waals surface area contributed by atoms with Gasteiger partial charge in [-0.25, -0.2) is 4.39 Å². The number of halogens is 1. The Balaban J connectivity index is 1.65. The molecular weight excluding hydrogens is 369 g/mol. The number of benzene rings is 2. The molecule has 3 rings (SSSR count). The van der Waals surface area contributed by atoms with E-state index in [1.54, 1.807) is 7.11 Å². The van der Waals surface area contributed by atoms with Crippen molar-refractivity contribution in [2.45, 2.75) is 19.4 Å². The van der Waals surface area contributed by atoms with Crippen LogP contribution >= 0.6 is 11.5 Å². The molecule has 0 fully saturated rings. The zero-order valence-corrected chi connectivity index (χ0v) is 15.6. The van der Waals surface area contributed by atoms with Gasteiger partial charge >= 0.3 is 0 Å². The van der Waals surface area contributed by atoms with Crippen LogP contribution in [0.3, 0.4) is 0 Å². The van der Waals surface area contributed by atoms with E-state index in [9.17, 15) is 9.18 Å². The van der Waals surface area contributed by atoms with Gasteiger partial charge in [0.05, 0.1) is 7.11 Å². The SMILES string of the molecule is CC[C@H](Oc1ccc(F)cc1)C(=O)Nc1nc(-c2ccc(OC)cc2)ns1. The van der Waals surface area contributed by atoms with Crippen LogP contribution in [0.15, 0.2) is 48.5 Å². The summed E-state index contributed by atoms with van der Waals surface area (Å²) in [5.74, 6) is 0.991. The number of hydrogen-bond acceptors (Lipinski definition) is 6. The number of methoxy groups -OCH3 is 1. The minimum Gasteiger partial charge on any atom is -0.497 e. The average molecular weight is 387 g/mol. The molecular formula is C19H18FN3O3S. The Labute approximate surface area is 160 Å². The van der Waals surface area contributed by atoms with Gasteiger partial charge in [-0.15, -0.1) is 0 Å². The number of amides is 1. The molecule has 0 aliphatic rings. The first-order chi connectivity index (χ1) is 13.1. The van der Waals surface area contributed by atoms with Crippen LogP contribution < -0.4 is 14.8 Å². The van der Waals surface area contributed by atoms with Gasteiger partial charge in [-0.2, -0.15) is 9.36 Å². The lowest BCUT2D eigenvalue weighted by Crippen LogP contribution is -2.32. The van der Waals surface area contributed by atoms with E-state index in [0.717, 1.165) is 22.8 Å². The summed E-state index contributed by atoms with van der Waals surface area (Å²) in [6.07, 6.45) is -0.267. The summed E-state index contributed by atoms with van der Waals surface area (Å²) < 4.78 is 28.0. The highest BCUT2D eigenvalue weighted by atomic mass is 32.1. The molecule has 1 heterocycles. The minimum absolute atomic E-state index is 0.334. The Morgan fingerprint density at radius 3 is 2.44 bits per heavy atom. The number of rotatable bonds is 7. The lowest BCUT2D eigenvalue weighted by Gasteiger charge is -2.16. The summed E-state index contributed by atoms with van der Waals surface area (Å²) in [7, 11) is 1.60. The zero-order valence-electron chi connectivity index (χ0n) is 14.8. The maximum Gasteiger partial charge on any atom is 0.267 e. The highest BCUT2D eigenvalue weighted by Crippen LogP contribution is 2.24. The summed E-state index contributed by atoms with van der Waals surface area (Å²) >= 11 is 1.09. The van der Waals surface area contributed by atoms with Crippen LogP contribution in [0.5, 0.6) is 11.5 Å². The Bertz CT molecular complexity index is 897. The molecule has 0 bridgehead atoms. The number of aromatic nitrogens is 2. The van der Waals surface area contributed by atoms with E-state index in [1.165, 1.54) is 24.3 Å². The second-order valence-electron chi connectivity index (χ2n) is 5.61. The predicted molar refractivity (Wildman–Crippen MR) is 102 cm³/mol. The molecule has 3 aromatic rings. The van der Waals surface area contributed by atoms with E-state index >= 15 is 0 Å². The molecule has 1 amide bonds. The molecule has 1 aromatic heterocycles. The molecule has 0 unspecified atom stereocenters. The van der Waals surface area contributed by atoms with Crippen LogP contribution in [0.4, 0.5) is 9.52 Å². The third-order valence-corrected chi connectivity index (χ3v) is 4.39. The highest BCUT2D eigenvalue weighted by Gasteiger charge is 2.20. The maximum absolute atomic E-state index is 13.0. The molecule has 8 heteroatoms. The van der Waals surface area contributed by atoms with E-state index in [0.29, 0.717) is 23.1 Å². The fourth-order valence-corrected chi connectivity index (χ4v) is 2.91. The topological polar surface area (TPSA) is 73.3 Å². The molecule has 0 radical (unpaired) electrons. The molecule has 1 atom stereocenters. The van der Waals surface area contributed by atoms with Crippen molar-refractivity contribution in [1.82, 2.24) is 9.36 Å². The highest BCUT2D eigenvalue weighted by molar-refractivity contribution is 7.10. The van der Waals surface area contributed by atoms with E-state index in [1.807, 2.05) is 31.2 Å². The summed E-state index contributed by atoms with van der Waals surface area (Å²) in [5, 5.41) is 3.10. The molecule has 0 spiro atoms. The minimum atomic E-state index is -0.719. The normalized spacial score (nSPS) is 11.7. The van der Waals surface area contributed by atoms with E-state index in [4.69, 9.17) is 9.47 Å². The second-order valence-corrected chi connectivity index (χ2v) is 6.36. The number of hydrogen-bond donors (Lipinski definition) is 1. The first-order valence-corrected chi connectivity index (χ1v) is 9.07. The lowest BCUT2D eigenvalue weighted by atomic mass is 10.2. The number of carbonyl (C=O) groups is 1. The summed E-state index contributed by atoms with van der Waals surface area (Å²) in [6.45, 7) is 1.83. The molecule has 1 N–H and O–H groups in total. The smallest absolute Gasteiger partial charge is 0.267 e. The van der Waals surface area contributed by atoms with Gasteiger partial charge in [0.1, 0.15) is 17.3 Å². The number of ether oxygens (including phenoxy) is 2. The van der Waals surface area contributed by atoms with Crippen molar-refractivity contribution in [2.24, 2.45) is 0 Å². The van der Waals surface area contributed by atoms with E-state index < -0.39 is 6.10 Å². The average Bonchev–Trinajstić information content (AvgIpc) is 3.16. The molecule has 0 aliphatic heterocycles. The fraction of sp³-hybridized carbons (Fsp3) is 0.211. The van der Waals surface area contributed by atoms with Gasteiger partial charge in [-0.3, -0.25) is 10.1 Å². The summed E-state index contributed by atoms with van der Waals surface area (Å²) in [4.78, 5) is 16.8. The Morgan fingerprint density at radius 1 is 1.15 bits per heavy atom. The van der Waals surface area contributed by atoms with Crippen molar-refractivity contribution in [3.63, 3.8) is 0 Å². The Morgan fingerprint density at radius 2 is 1.81 bits per heavy atom. The fourth-order valence-electron chi connectivity index (χ4n) is 2.32. The van der Waals surface area contributed by atoms with Gasteiger partial charge in [0, 0.05) is 17.1 Å². The first kappa shape index (κ1) is 18.8. The quantitative estimate of drug-likeness (QED) is 0.659. The predicted octanol–water partition coefficient (Wildman–Crippen LogP) is 4.15. The number of nitrogens with one attached hydrogen (secondary N) is 1. The molecule has 140 valence electrons. The van der Waals surface area contributed by atoms with Gasteiger partial charge in [0.25, 0.3) is 5.91 Å². The molecule has 0 saturated carbocycles. The number of anilines is 1. The van der Waals surface area contributed by atoms with Gasteiger partial charge in [0.2, 0.25) is 5.13 Å². The van der Waals surface area contributed by atoms with Crippen molar-refractivity contribution in [1.29, 1.82) is 0 Å². The maximum atomic E-state index is 13.0. The van der Waals surface area contributed by atoms with Crippen molar-refractivity contribution >= 4 is 22.6 Å². The van der Waals surface area contributed by atoms with Crippen LogP contribution in [0, 0.1) is 5.82 Å². The second kappa shape index (κ2) is 8.59. The van der Waals surface area contributed by atoms with E-state index in [-0.39, 0.29) is 11.7 Å². The molecule has 2 aromatic carbocycles. The third kappa shape index (κ3) is 4.79. The van der Waals surface area contributed by atoms with Crippen molar-refractivity contribution in [3.05, 3.63) is 54.3 Å². The van der Waals surface area contributed by atoms with Crippen molar-refractivity contribution in [2.75, 3.05) is 12.4 Å². The number of carbonyl (C=O) groups excluding carboxylic acids is 1. The summed E-state index contributed by atoms with van der Waals surface area (Å²) in [5.41, 5.74) is 0.821. The summed E-state index contributed by atoms with van der Waals surface area (Å²) in [6, 6.07) is 12.9. The van der Waals surface area contributed by atoms with Crippen LogP contribution in [0.2, 0.25) is 0 Å². The van der Waals surface area contributed by atoms with Crippen molar-refractivity contribution < 1.29 is 18.7 Å². The zero-order chi connectivity index (χ0) is 19.2. The lowest BCUT2D eigenvalue weighted by molar-refractivity contribution is -0.122. The molecule has 27 heavy (non-hydrogen) atoms. The largest absolute Gasteiger partial charge is 0.497 e. The standard InChI is InChI=1S/C19H18FN3O3S/c1-3-16(26-15-10-6-13(20)7-11-15)18(24)22-19-21-17(23-27-19)12-4-8-14(25-2)9-5-12/h4-11,16H,3H2,1-2H3,(H,21,22,23,24)/t16-/m0/s1. The van der Waals surface area contributed by atoms with Crippen molar-refractivity contribution in [3.8, 4) is 22.9 Å². The first-order valence-electron chi connectivity index (χ1n) is 8.30. The van der Waals surface area contributed by atoms with E-state index in [2.05, 4.69) is 14.7 Å². The molecule has 6 nitrogen and oxygen atoms in total. The molecule has 0 aliphatic carbocycles. The van der Waals surface area contributed by atoms with Gasteiger partial charge < -0.3 is 9.47 Å². The van der Waals surface area contributed by atoms with Gasteiger partial charge in [-0.1, -0.05) is 6.92 Å². The Hall–Kier alpha value is -3.00. The monoisotopic (exact) mass is 387 g/mol. The third-order valence-electron chi connectivity index (χ3n) is 3.76. The van der Waals surface area contributed by atoms with Crippen LogP contribution in [0.1, 0.15) is 13.3 Å². The number of nitrogens with zero attached hydrogens (tertiary/aromatic N) is 2. The van der Waals surface area contributed by atoms with Crippen LogP contribution in [-0.2, 0) is 4.79 Å².